The van der Waals surface area contributed by atoms with Crippen LogP contribution in [0.1, 0.15) is 44.4 Å². The molecule has 0 aromatic heterocycles. The Kier molecular flexibility index (Phi) is 7.64. The van der Waals surface area contributed by atoms with Gasteiger partial charge in [-0.15, -0.1) is 12.4 Å². The minimum atomic E-state index is -0.0929. The van der Waals surface area contributed by atoms with E-state index in [1.807, 2.05) is 13.8 Å². The summed E-state index contributed by atoms with van der Waals surface area (Å²) < 4.78 is 0. The van der Waals surface area contributed by atoms with Crippen molar-refractivity contribution in [2.24, 2.45) is 5.73 Å². The second kappa shape index (κ2) is 8.11. The molecular weight excluding hydrogens is 248 g/mol. The van der Waals surface area contributed by atoms with Crippen molar-refractivity contribution in [3.63, 3.8) is 0 Å². The summed E-state index contributed by atoms with van der Waals surface area (Å²) in [5.41, 5.74) is 8.02. The molecule has 1 aromatic rings. The summed E-state index contributed by atoms with van der Waals surface area (Å²) in [6, 6.07) is 8.27. The summed E-state index contributed by atoms with van der Waals surface area (Å²) in [4.78, 5) is 11.6. The molecule has 4 heteroatoms. The van der Waals surface area contributed by atoms with Crippen LogP contribution in [0.4, 0.5) is 0 Å². The first kappa shape index (κ1) is 16.9. The molecule has 3 nitrogen and oxygen atoms in total. The number of halogens is 1. The van der Waals surface area contributed by atoms with Crippen LogP contribution < -0.4 is 11.1 Å². The molecule has 2 unspecified atom stereocenters. The Morgan fingerprint density at radius 2 is 1.83 bits per heavy atom. The molecule has 1 amide bonds. The summed E-state index contributed by atoms with van der Waals surface area (Å²) in [7, 11) is 0. The van der Waals surface area contributed by atoms with Crippen LogP contribution in [0, 0.1) is 0 Å². The third kappa shape index (κ3) is 5.52. The number of nitrogens with two attached hydrogens (primary N) is 1. The predicted octanol–water partition coefficient (Wildman–Crippen LogP) is 2.59. The zero-order valence-electron chi connectivity index (χ0n) is 11.3. The zero-order valence-corrected chi connectivity index (χ0v) is 12.1. The van der Waals surface area contributed by atoms with Crippen LogP contribution in [0.3, 0.4) is 0 Å². The number of carbonyl (C=O) groups is 1. The number of benzene rings is 1. The van der Waals surface area contributed by atoms with E-state index in [0.29, 0.717) is 6.42 Å². The third-order valence-electron chi connectivity index (χ3n) is 2.77. The van der Waals surface area contributed by atoms with E-state index >= 15 is 0 Å². The second-order valence-electron chi connectivity index (χ2n) is 4.57. The molecule has 0 aliphatic carbocycles. The van der Waals surface area contributed by atoms with Gasteiger partial charge in [0.2, 0.25) is 5.91 Å². The first-order valence-corrected chi connectivity index (χ1v) is 6.16. The molecule has 0 heterocycles. The molecular formula is C14H23ClN2O. The summed E-state index contributed by atoms with van der Waals surface area (Å²) in [6.45, 7) is 5.95. The van der Waals surface area contributed by atoms with Gasteiger partial charge in [-0.3, -0.25) is 4.79 Å². The summed E-state index contributed by atoms with van der Waals surface area (Å²) in [5.74, 6) is 0.00654. The molecule has 3 N–H and O–H groups in total. The summed E-state index contributed by atoms with van der Waals surface area (Å²) in [5, 5.41) is 2.95. The number of aryl methyl sites for hydroxylation is 1. The van der Waals surface area contributed by atoms with Gasteiger partial charge >= 0.3 is 0 Å². The van der Waals surface area contributed by atoms with Gasteiger partial charge in [-0.25, -0.2) is 0 Å². The van der Waals surface area contributed by atoms with Crippen LogP contribution in [-0.4, -0.2) is 11.9 Å². The highest BCUT2D eigenvalue weighted by Gasteiger charge is 2.10. The van der Waals surface area contributed by atoms with E-state index in [1.165, 1.54) is 5.56 Å². The molecule has 0 bridgehead atoms. The predicted molar refractivity (Wildman–Crippen MR) is 77.9 cm³/mol. The first-order chi connectivity index (χ1) is 8.02. The van der Waals surface area contributed by atoms with Crippen molar-refractivity contribution < 1.29 is 4.79 Å². The lowest BCUT2D eigenvalue weighted by atomic mass is 10.0. The Bertz CT molecular complexity index is 363. The molecule has 2 atom stereocenters. The lowest BCUT2D eigenvalue weighted by Crippen LogP contribution is -2.31. The Hall–Kier alpha value is -1.06. The molecule has 0 spiro atoms. The minimum Gasteiger partial charge on any atom is -0.350 e. The molecule has 102 valence electrons. The van der Waals surface area contributed by atoms with Gasteiger partial charge in [0.05, 0.1) is 6.04 Å². The van der Waals surface area contributed by atoms with E-state index < -0.39 is 0 Å². The van der Waals surface area contributed by atoms with Gasteiger partial charge in [-0.1, -0.05) is 31.2 Å². The Balaban J connectivity index is 0.00000289. The number of hydrogen-bond donors (Lipinski definition) is 2. The monoisotopic (exact) mass is 270 g/mol. The molecule has 0 saturated carbocycles. The van der Waals surface area contributed by atoms with Crippen molar-refractivity contribution in [1.82, 2.24) is 5.32 Å². The maximum absolute atomic E-state index is 11.6. The normalized spacial score (nSPS) is 13.3. The third-order valence-corrected chi connectivity index (χ3v) is 2.77. The van der Waals surface area contributed by atoms with Crippen LogP contribution in [0.25, 0.3) is 0 Å². The standard InChI is InChI=1S/C14H22N2O.ClH/c1-4-12-5-7-13(8-6-12)11(3)16-14(17)9-10(2)15;/h5-8,10-11H,4,9,15H2,1-3H3,(H,16,17);1H. The van der Waals surface area contributed by atoms with Gasteiger partial charge in [0.1, 0.15) is 0 Å². The number of hydrogen-bond acceptors (Lipinski definition) is 2. The van der Waals surface area contributed by atoms with E-state index in [4.69, 9.17) is 5.73 Å². The van der Waals surface area contributed by atoms with Gasteiger partial charge in [0.15, 0.2) is 0 Å². The number of nitrogens with one attached hydrogen (secondary N) is 1. The lowest BCUT2D eigenvalue weighted by molar-refractivity contribution is -0.122. The maximum Gasteiger partial charge on any atom is 0.222 e. The SMILES string of the molecule is CCc1ccc(C(C)NC(=O)CC(C)N)cc1.Cl. The maximum atomic E-state index is 11.6. The molecule has 0 saturated heterocycles. The van der Waals surface area contributed by atoms with Crippen molar-refractivity contribution in [2.45, 2.75) is 45.7 Å². The van der Waals surface area contributed by atoms with Crippen molar-refractivity contribution in [1.29, 1.82) is 0 Å². The van der Waals surface area contributed by atoms with Crippen molar-refractivity contribution in [2.75, 3.05) is 0 Å². The van der Waals surface area contributed by atoms with Crippen LogP contribution >= 0.6 is 12.4 Å². The molecule has 1 aromatic carbocycles. The van der Waals surface area contributed by atoms with Gasteiger partial charge in [-0.05, 0) is 31.4 Å². The zero-order chi connectivity index (χ0) is 12.8. The van der Waals surface area contributed by atoms with Gasteiger partial charge in [-0.2, -0.15) is 0 Å². The summed E-state index contributed by atoms with van der Waals surface area (Å²) >= 11 is 0. The van der Waals surface area contributed by atoms with E-state index in [0.717, 1.165) is 12.0 Å². The van der Waals surface area contributed by atoms with Crippen LogP contribution in [0.5, 0.6) is 0 Å². The minimum absolute atomic E-state index is 0. The highest BCUT2D eigenvalue weighted by molar-refractivity contribution is 5.85. The Morgan fingerprint density at radius 3 is 2.28 bits per heavy atom. The molecule has 0 aliphatic rings. The molecule has 0 fully saturated rings. The van der Waals surface area contributed by atoms with Crippen LogP contribution in [-0.2, 0) is 11.2 Å². The summed E-state index contributed by atoms with van der Waals surface area (Å²) in [6.07, 6.45) is 1.41. The lowest BCUT2D eigenvalue weighted by Gasteiger charge is -2.15. The Labute approximate surface area is 116 Å². The van der Waals surface area contributed by atoms with Gasteiger partial charge in [0, 0.05) is 12.5 Å². The number of amides is 1. The largest absolute Gasteiger partial charge is 0.350 e. The number of carbonyl (C=O) groups excluding carboxylic acids is 1. The average molecular weight is 271 g/mol. The average Bonchev–Trinajstić information content (AvgIpc) is 2.28. The topological polar surface area (TPSA) is 55.1 Å². The number of rotatable bonds is 5. The molecule has 0 radical (unpaired) electrons. The van der Waals surface area contributed by atoms with Crippen LogP contribution in [0.15, 0.2) is 24.3 Å². The Morgan fingerprint density at radius 1 is 1.28 bits per heavy atom. The van der Waals surface area contributed by atoms with Crippen molar-refractivity contribution in [3.05, 3.63) is 35.4 Å². The first-order valence-electron chi connectivity index (χ1n) is 6.16. The quantitative estimate of drug-likeness (QED) is 0.864. The fourth-order valence-electron chi connectivity index (χ4n) is 1.72. The van der Waals surface area contributed by atoms with E-state index in [2.05, 4.69) is 36.5 Å². The fraction of sp³-hybridized carbons (Fsp3) is 0.500. The van der Waals surface area contributed by atoms with Crippen molar-refractivity contribution in [3.8, 4) is 0 Å². The van der Waals surface area contributed by atoms with Crippen molar-refractivity contribution >= 4 is 18.3 Å². The van der Waals surface area contributed by atoms with Gasteiger partial charge < -0.3 is 11.1 Å². The van der Waals surface area contributed by atoms with Crippen LogP contribution in [0.2, 0.25) is 0 Å². The fourth-order valence-corrected chi connectivity index (χ4v) is 1.72. The molecule has 0 aliphatic heterocycles. The van der Waals surface area contributed by atoms with Gasteiger partial charge in [0.25, 0.3) is 0 Å². The van der Waals surface area contributed by atoms with E-state index in [-0.39, 0.29) is 30.4 Å². The highest BCUT2D eigenvalue weighted by Crippen LogP contribution is 2.13. The molecule has 18 heavy (non-hydrogen) atoms. The smallest absolute Gasteiger partial charge is 0.222 e. The van der Waals surface area contributed by atoms with E-state index in [9.17, 15) is 4.79 Å². The highest BCUT2D eigenvalue weighted by atomic mass is 35.5. The molecule has 1 rings (SSSR count). The van der Waals surface area contributed by atoms with E-state index in [1.54, 1.807) is 0 Å². The second-order valence-corrected chi connectivity index (χ2v) is 4.57.